The topological polar surface area (TPSA) is 38.7 Å². The van der Waals surface area contributed by atoms with E-state index in [4.69, 9.17) is 0 Å². The van der Waals surface area contributed by atoms with E-state index in [1.54, 1.807) is 12.3 Å². The Labute approximate surface area is 49.0 Å². The van der Waals surface area contributed by atoms with Crippen LogP contribution in [0.4, 0.5) is 0 Å². The molecule has 1 rings (SSSR count). The molecule has 37 valence electrons. The molecule has 0 spiro atoms. The van der Waals surface area contributed by atoms with Crippen LogP contribution in [0, 0.1) is 0 Å². The molecule has 0 aliphatic rings. The van der Waals surface area contributed by atoms with Crippen LogP contribution in [0.1, 0.15) is 0 Å². The van der Waals surface area contributed by atoms with E-state index in [9.17, 15) is 0 Å². The van der Waals surface area contributed by atoms with Crippen molar-refractivity contribution in [1.82, 2.24) is 15.4 Å². The zero-order valence-electron chi connectivity index (χ0n) is 3.35. The normalized spacial score (nSPS) is 8.71. The Morgan fingerprint density at radius 2 is 2.43 bits per heavy atom. The van der Waals surface area contributed by atoms with Gasteiger partial charge in [0, 0.05) is 0 Å². The molecule has 1 heterocycles. The molecule has 0 amide bonds. The van der Waals surface area contributed by atoms with Crippen LogP contribution in [0.2, 0.25) is 0 Å². The summed E-state index contributed by atoms with van der Waals surface area (Å²) in [5.74, 6) is 0. The van der Waals surface area contributed by atoms with E-state index in [1.165, 1.54) is 0 Å². The third-order valence-electron chi connectivity index (χ3n) is 0.464. The number of nitrogens with zero attached hydrogens (tertiary/aromatic N) is 3. The fraction of sp³-hybridized carbons (Fsp3) is 0. The SMILES string of the molecule is [Fe][c]1ccnnn1. The van der Waals surface area contributed by atoms with Crippen molar-refractivity contribution in [1.29, 1.82) is 0 Å². The molecule has 7 heavy (non-hydrogen) atoms. The van der Waals surface area contributed by atoms with Gasteiger partial charge in [-0.3, -0.25) is 0 Å². The van der Waals surface area contributed by atoms with Crippen molar-refractivity contribution >= 4 is 4.59 Å². The first kappa shape index (κ1) is 4.68. The van der Waals surface area contributed by atoms with Crippen molar-refractivity contribution in [2.45, 2.75) is 0 Å². The summed E-state index contributed by atoms with van der Waals surface area (Å²) in [6.45, 7) is 0. The molecule has 3 nitrogen and oxygen atoms in total. The van der Waals surface area contributed by atoms with Gasteiger partial charge < -0.3 is 0 Å². The van der Waals surface area contributed by atoms with Crippen molar-refractivity contribution < 1.29 is 16.0 Å². The van der Waals surface area contributed by atoms with Crippen molar-refractivity contribution in [3.8, 4) is 0 Å². The maximum atomic E-state index is 3.51. The van der Waals surface area contributed by atoms with Gasteiger partial charge in [0.15, 0.2) is 0 Å². The fourth-order valence-electron chi connectivity index (χ4n) is 0.224. The van der Waals surface area contributed by atoms with Gasteiger partial charge in [0.2, 0.25) is 0 Å². The molecular formula is C3H2FeN3. The van der Waals surface area contributed by atoms with E-state index in [2.05, 4.69) is 31.4 Å². The van der Waals surface area contributed by atoms with Crippen LogP contribution in [-0.4, -0.2) is 15.4 Å². The van der Waals surface area contributed by atoms with Crippen LogP contribution in [0.3, 0.4) is 0 Å². The summed E-state index contributed by atoms with van der Waals surface area (Å²) in [4.78, 5) is 0. The molecule has 0 aliphatic carbocycles. The van der Waals surface area contributed by atoms with E-state index in [0.717, 1.165) is 0 Å². The molecule has 0 N–H and O–H groups in total. The van der Waals surface area contributed by atoms with Gasteiger partial charge in [-0.25, -0.2) is 0 Å². The number of rotatable bonds is 0. The van der Waals surface area contributed by atoms with Gasteiger partial charge in [-0.1, -0.05) is 0 Å². The van der Waals surface area contributed by atoms with Gasteiger partial charge in [0.05, 0.1) is 0 Å². The molecular weight excluding hydrogens is 134 g/mol. The van der Waals surface area contributed by atoms with Gasteiger partial charge >= 0.3 is 48.3 Å². The summed E-state index contributed by atoms with van der Waals surface area (Å²) in [7, 11) is 0. The Balaban J connectivity index is 3.02. The van der Waals surface area contributed by atoms with E-state index in [1.807, 2.05) is 0 Å². The predicted molar refractivity (Wildman–Crippen MR) is 19.5 cm³/mol. The predicted octanol–water partition coefficient (Wildman–Crippen LogP) is -0.956. The Kier molecular flexibility index (Phi) is 1.34. The summed E-state index contributed by atoms with van der Waals surface area (Å²) in [6.07, 6.45) is 1.55. The molecule has 0 aliphatic heterocycles. The summed E-state index contributed by atoms with van der Waals surface area (Å²) >= 11 is 3.51. The summed E-state index contributed by atoms with van der Waals surface area (Å²) in [5.41, 5.74) is 0. The summed E-state index contributed by atoms with van der Waals surface area (Å²) < 4.78 is 0.648. The standard InChI is InChI=1S/C3H2N3.Fe/c1-2-4-6-5-3-1;/h1-2H;. The number of hydrogen-bond donors (Lipinski definition) is 0. The average molecular weight is 136 g/mol. The van der Waals surface area contributed by atoms with Crippen LogP contribution < -0.4 is 4.59 Å². The van der Waals surface area contributed by atoms with E-state index >= 15 is 0 Å². The second-order valence-electron chi connectivity index (χ2n) is 0.931. The van der Waals surface area contributed by atoms with Crippen LogP contribution in [0.15, 0.2) is 12.3 Å². The van der Waals surface area contributed by atoms with E-state index in [0.29, 0.717) is 4.59 Å². The van der Waals surface area contributed by atoms with Crippen LogP contribution in [0.25, 0.3) is 0 Å². The van der Waals surface area contributed by atoms with Gasteiger partial charge in [0.25, 0.3) is 0 Å². The minimum absolute atomic E-state index is 0.648. The number of hydrogen-bond acceptors (Lipinski definition) is 3. The Morgan fingerprint density at radius 3 is 2.71 bits per heavy atom. The Bertz CT molecular complexity index is 140. The zero-order chi connectivity index (χ0) is 5.11. The molecule has 1 aromatic rings. The zero-order valence-corrected chi connectivity index (χ0v) is 4.45. The molecule has 4 heteroatoms. The molecule has 0 unspecified atom stereocenters. The van der Waals surface area contributed by atoms with Crippen molar-refractivity contribution in [2.75, 3.05) is 0 Å². The van der Waals surface area contributed by atoms with Crippen LogP contribution >= 0.6 is 0 Å². The van der Waals surface area contributed by atoms with Crippen molar-refractivity contribution in [3.63, 3.8) is 0 Å². The van der Waals surface area contributed by atoms with Gasteiger partial charge in [-0.2, -0.15) is 0 Å². The Hall–Kier alpha value is -0.471. The first-order chi connectivity index (χ1) is 3.39. The molecule has 0 atom stereocenters. The second-order valence-corrected chi connectivity index (χ2v) is 1.50. The minimum atomic E-state index is 0.648. The maximum absolute atomic E-state index is 3.51. The number of aromatic nitrogens is 3. The van der Waals surface area contributed by atoms with E-state index < -0.39 is 0 Å². The van der Waals surface area contributed by atoms with Gasteiger partial charge in [-0.05, 0) is 0 Å². The first-order valence-corrected chi connectivity index (χ1v) is 2.23. The monoisotopic (exact) mass is 136 g/mol. The average Bonchev–Trinajstić information content (AvgIpc) is 1.69. The molecule has 0 aromatic carbocycles. The Morgan fingerprint density at radius 1 is 1.57 bits per heavy atom. The van der Waals surface area contributed by atoms with Gasteiger partial charge in [0.1, 0.15) is 0 Å². The van der Waals surface area contributed by atoms with Crippen LogP contribution in [0.5, 0.6) is 0 Å². The summed E-state index contributed by atoms with van der Waals surface area (Å²) in [6, 6.07) is 1.69. The third kappa shape index (κ3) is 1.21. The molecule has 1 aromatic heterocycles. The third-order valence-corrected chi connectivity index (χ3v) is 0.759. The van der Waals surface area contributed by atoms with Crippen molar-refractivity contribution in [3.05, 3.63) is 12.3 Å². The van der Waals surface area contributed by atoms with E-state index in [-0.39, 0.29) is 0 Å². The molecule has 0 bridgehead atoms. The molecule has 0 saturated carbocycles. The molecule has 0 saturated heterocycles. The fourth-order valence-corrected chi connectivity index (χ4v) is 0.355. The molecule has 0 fully saturated rings. The first-order valence-electron chi connectivity index (χ1n) is 1.68. The summed E-state index contributed by atoms with van der Waals surface area (Å²) in [5, 5.41) is 10.3. The molecule has 0 radical (unpaired) electrons. The van der Waals surface area contributed by atoms with Crippen LogP contribution in [-0.2, 0) is 16.0 Å². The quantitative estimate of drug-likeness (QED) is 0.431. The van der Waals surface area contributed by atoms with Crippen molar-refractivity contribution in [2.24, 2.45) is 0 Å². The second kappa shape index (κ2) is 2.00. The van der Waals surface area contributed by atoms with Gasteiger partial charge in [-0.15, -0.1) is 0 Å².